The number of nitrogens with one attached hydrogen (secondary N) is 1. The average molecular weight is 394 g/mol. The van der Waals surface area contributed by atoms with Gasteiger partial charge in [-0.1, -0.05) is 0 Å². The smallest absolute Gasteiger partial charge is 0.320 e. The molecule has 0 bridgehead atoms. The first-order valence-electron chi connectivity index (χ1n) is 9.58. The van der Waals surface area contributed by atoms with Crippen LogP contribution in [0.5, 0.6) is 0 Å². The van der Waals surface area contributed by atoms with E-state index < -0.39 is 6.10 Å². The van der Waals surface area contributed by atoms with Gasteiger partial charge < -0.3 is 20.2 Å². The van der Waals surface area contributed by atoms with Crippen LogP contribution in [0.3, 0.4) is 0 Å². The van der Waals surface area contributed by atoms with Crippen LogP contribution in [0.2, 0.25) is 0 Å². The third-order valence-electron chi connectivity index (χ3n) is 6.04. The fourth-order valence-electron chi connectivity index (χ4n) is 4.61. The number of rotatable bonds is 5. The molecule has 0 unspecified atom stereocenters. The molecule has 1 aromatic heterocycles. The Morgan fingerprint density at radius 1 is 1.33 bits per heavy atom. The van der Waals surface area contributed by atoms with E-state index in [0.29, 0.717) is 24.9 Å². The highest BCUT2D eigenvalue weighted by Gasteiger charge is 2.42. The molecule has 27 heavy (non-hydrogen) atoms. The molecule has 2 N–H and O–H groups in total. The van der Waals surface area contributed by atoms with Crippen molar-refractivity contribution < 1.29 is 14.7 Å². The highest BCUT2D eigenvalue weighted by atomic mass is 32.1. The molecule has 0 radical (unpaired) electrons. The summed E-state index contributed by atoms with van der Waals surface area (Å²) < 4.78 is 0. The van der Waals surface area contributed by atoms with Crippen LogP contribution in [-0.4, -0.2) is 88.6 Å². The van der Waals surface area contributed by atoms with Crippen LogP contribution < -0.4 is 5.32 Å². The summed E-state index contributed by atoms with van der Waals surface area (Å²) in [4.78, 5) is 34.2. The summed E-state index contributed by atoms with van der Waals surface area (Å²) in [6.45, 7) is 4.12. The molecule has 1 aromatic rings. The Morgan fingerprint density at radius 2 is 2.11 bits per heavy atom. The average Bonchev–Trinajstić information content (AvgIpc) is 3.33. The van der Waals surface area contributed by atoms with Crippen molar-refractivity contribution >= 4 is 23.3 Å². The van der Waals surface area contributed by atoms with Crippen molar-refractivity contribution in [1.82, 2.24) is 25.0 Å². The normalized spacial score (nSPS) is 31.4. The summed E-state index contributed by atoms with van der Waals surface area (Å²) in [5, 5.41) is 16.6. The van der Waals surface area contributed by atoms with Gasteiger partial charge in [-0.15, -0.1) is 11.3 Å². The Kier molecular flexibility index (Phi) is 5.34. The second kappa shape index (κ2) is 7.73. The van der Waals surface area contributed by atoms with Crippen molar-refractivity contribution in [3.8, 4) is 0 Å². The first-order chi connectivity index (χ1) is 13.0. The minimum absolute atomic E-state index is 0.0661. The Bertz CT molecular complexity index is 685. The third-order valence-corrected chi connectivity index (χ3v) is 6.81. The molecule has 3 heterocycles. The second-order valence-electron chi connectivity index (χ2n) is 7.98. The van der Waals surface area contributed by atoms with Crippen molar-refractivity contribution in [2.45, 2.75) is 31.5 Å². The van der Waals surface area contributed by atoms with E-state index in [9.17, 15) is 14.7 Å². The number of carbonyl (C=O) groups is 2. The fourth-order valence-corrected chi connectivity index (χ4v) is 5.27. The van der Waals surface area contributed by atoms with Gasteiger partial charge in [-0.25, -0.2) is 9.78 Å². The van der Waals surface area contributed by atoms with Crippen molar-refractivity contribution in [1.29, 1.82) is 0 Å². The zero-order valence-corrected chi connectivity index (χ0v) is 16.4. The van der Waals surface area contributed by atoms with Crippen LogP contribution in [0.15, 0.2) is 11.6 Å². The molecule has 2 saturated heterocycles. The minimum Gasteiger partial charge on any atom is -0.391 e. The van der Waals surface area contributed by atoms with E-state index in [0.717, 1.165) is 37.5 Å². The number of thiazole rings is 1. The number of likely N-dealkylation sites (tertiary alicyclic amines) is 1. The number of aromatic nitrogens is 1. The summed E-state index contributed by atoms with van der Waals surface area (Å²) in [5.41, 5.74) is 0. The number of aliphatic hydroxyl groups is 1. The van der Waals surface area contributed by atoms with Crippen molar-refractivity contribution in [2.75, 3.05) is 39.8 Å². The molecule has 1 aliphatic carbocycles. The molecule has 0 aromatic carbocycles. The summed E-state index contributed by atoms with van der Waals surface area (Å²) >= 11 is 1.67. The second-order valence-corrected chi connectivity index (χ2v) is 8.96. The molecular weight excluding hydrogens is 366 g/mol. The number of aliphatic hydroxyl groups excluding tert-OH is 1. The van der Waals surface area contributed by atoms with E-state index in [2.05, 4.69) is 15.2 Å². The van der Waals surface area contributed by atoms with Crippen LogP contribution in [0.25, 0.3) is 0 Å². The molecule has 8 nitrogen and oxygen atoms in total. The highest BCUT2D eigenvalue weighted by Crippen LogP contribution is 2.37. The van der Waals surface area contributed by atoms with Gasteiger partial charge in [0.05, 0.1) is 18.7 Å². The Morgan fingerprint density at radius 3 is 2.78 bits per heavy atom. The predicted molar refractivity (Wildman–Crippen MR) is 101 cm³/mol. The van der Waals surface area contributed by atoms with Crippen LogP contribution in [-0.2, 0) is 11.3 Å². The van der Waals surface area contributed by atoms with E-state index >= 15 is 0 Å². The van der Waals surface area contributed by atoms with Gasteiger partial charge in [0.15, 0.2) is 0 Å². The van der Waals surface area contributed by atoms with Crippen molar-refractivity contribution in [3.63, 3.8) is 0 Å². The summed E-state index contributed by atoms with van der Waals surface area (Å²) in [6.07, 6.45) is 2.82. The molecule has 4 rings (SSSR count). The zero-order valence-electron chi connectivity index (χ0n) is 15.6. The molecule has 4 atom stereocenters. The molecule has 3 fully saturated rings. The first-order valence-corrected chi connectivity index (χ1v) is 10.5. The Labute approximate surface area is 163 Å². The molecule has 3 amide bonds. The Hall–Kier alpha value is -1.71. The summed E-state index contributed by atoms with van der Waals surface area (Å²) in [7, 11) is 1.74. The van der Waals surface area contributed by atoms with E-state index in [4.69, 9.17) is 0 Å². The van der Waals surface area contributed by atoms with Crippen LogP contribution >= 0.6 is 11.3 Å². The van der Waals surface area contributed by atoms with Crippen molar-refractivity contribution in [2.24, 2.45) is 11.8 Å². The highest BCUT2D eigenvalue weighted by molar-refractivity contribution is 7.09. The zero-order chi connectivity index (χ0) is 19.0. The number of hydrogen-bond acceptors (Lipinski definition) is 6. The van der Waals surface area contributed by atoms with Crippen LogP contribution in [0.1, 0.15) is 17.8 Å². The van der Waals surface area contributed by atoms with E-state index in [1.807, 2.05) is 11.6 Å². The molecule has 9 heteroatoms. The number of urea groups is 1. The van der Waals surface area contributed by atoms with Gasteiger partial charge in [0.1, 0.15) is 11.6 Å². The van der Waals surface area contributed by atoms with Crippen LogP contribution in [0, 0.1) is 11.8 Å². The van der Waals surface area contributed by atoms with Gasteiger partial charge in [-0.3, -0.25) is 9.69 Å². The number of carbonyl (C=O) groups excluding carboxylic acids is 2. The molecule has 1 saturated carbocycles. The standard InChI is InChI=1S/C18H27N5O3S/c1-21-3-4-23(18(21)26)10-16(25)20-14-6-12-8-22(9-13(12)7-15(14)24)11-17-19-2-5-27-17/h2,5,12-15,24H,3-4,6-11H2,1H3,(H,20,25)/t12-,13+,14-,15-/m0/s1. The Balaban J connectivity index is 1.29. The maximum absolute atomic E-state index is 12.4. The molecule has 3 aliphatic rings. The van der Waals surface area contributed by atoms with Gasteiger partial charge in [0, 0.05) is 44.8 Å². The lowest BCUT2D eigenvalue weighted by molar-refractivity contribution is -0.123. The number of fused-ring (bicyclic) bond motifs is 1. The van der Waals surface area contributed by atoms with E-state index in [1.165, 1.54) is 0 Å². The fraction of sp³-hybridized carbons (Fsp3) is 0.722. The first kappa shape index (κ1) is 18.6. The quantitative estimate of drug-likeness (QED) is 0.746. The minimum atomic E-state index is -0.521. The van der Waals surface area contributed by atoms with Gasteiger partial charge in [-0.2, -0.15) is 0 Å². The maximum atomic E-state index is 12.4. The molecule has 0 spiro atoms. The summed E-state index contributed by atoms with van der Waals surface area (Å²) in [6, 6.07) is -0.336. The number of likely N-dealkylation sites (N-methyl/N-ethyl adjacent to an activating group) is 1. The topological polar surface area (TPSA) is 89.0 Å². The monoisotopic (exact) mass is 393 g/mol. The largest absolute Gasteiger partial charge is 0.391 e. The van der Waals surface area contributed by atoms with Crippen LogP contribution in [0.4, 0.5) is 4.79 Å². The molecule has 148 valence electrons. The predicted octanol–water partition coefficient (Wildman–Crippen LogP) is 0.198. The SMILES string of the molecule is CN1CCN(CC(=O)N[C@H]2C[C@H]3CN(Cc4nccs4)C[C@H]3C[C@@H]2O)C1=O. The lowest BCUT2D eigenvalue weighted by atomic mass is 9.77. The molecule has 2 aliphatic heterocycles. The van der Waals surface area contributed by atoms with Gasteiger partial charge >= 0.3 is 6.03 Å². The lowest BCUT2D eigenvalue weighted by Crippen LogP contribution is -2.51. The van der Waals surface area contributed by atoms with Gasteiger partial charge in [-0.05, 0) is 24.7 Å². The van der Waals surface area contributed by atoms with Crippen molar-refractivity contribution in [3.05, 3.63) is 16.6 Å². The molecular formula is C18H27N5O3S. The summed E-state index contributed by atoms with van der Waals surface area (Å²) in [5.74, 6) is 0.777. The van der Waals surface area contributed by atoms with Gasteiger partial charge in [0.2, 0.25) is 5.91 Å². The maximum Gasteiger partial charge on any atom is 0.320 e. The third kappa shape index (κ3) is 4.09. The number of amides is 3. The van der Waals surface area contributed by atoms with E-state index in [-0.39, 0.29) is 24.5 Å². The number of nitrogens with zero attached hydrogens (tertiary/aromatic N) is 4. The number of hydrogen-bond donors (Lipinski definition) is 2. The van der Waals surface area contributed by atoms with E-state index in [1.54, 1.807) is 28.2 Å². The van der Waals surface area contributed by atoms with Gasteiger partial charge in [0.25, 0.3) is 0 Å². The lowest BCUT2D eigenvalue weighted by Gasteiger charge is -2.36.